The van der Waals surface area contributed by atoms with Crippen LogP contribution in [0, 0.1) is 41.5 Å². The molecule has 1 aliphatic carbocycles. The van der Waals surface area contributed by atoms with Crippen LogP contribution in [-0.4, -0.2) is 0 Å². The van der Waals surface area contributed by atoms with Gasteiger partial charge in [0.2, 0.25) is 0 Å². The number of aryl methyl sites for hydroxylation is 6. The summed E-state index contributed by atoms with van der Waals surface area (Å²) in [6.07, 6.45) is 5.02. The molecule has 0 fully saturated rings. The summed E-state index contributed by atoms with van der Waals surface area (Å²) in [5.74, 6) is 0. The first-order chi connectivity index (χ1) is 15.4. The van der Waals surface area contributed by atoms with Gasteiger partial charge in [-0.15, -0.1) is 0 Å². The van der Waals surface area contributed by atoms with Crippen LogP contribution in [0.25, 0.3) is 0 Å². The summed E-state index contributed by atoms with van der Waals surface area (Å²) in [5.41, 5.74) is 14.4. The monoisotopic (exact) mass is 572 g/mol. The Morgan fingerprint density at radius 3 is 0.889 bits per heavy atom. The van der Waals surface area contributed by atoms with Crippen molar-refractivity contribution in [1.82, 2.24) is 0 Å². The van der Waals surface area contributed by atoms with Crippen LogP contribution in [0.5, 0.6) is 0 Å². The first-order valence-electron chi connectivity index (χ1n) is 11.9. The van der Waals surface area contributed by atoms with E-state index < -0.39 is 0 Å². The number of allylic oxidation sites excluding steroid dienone is 4. The van der Waals surface area contributed by atoms with Gasteiger partial charge in [0.1, 0.15) is 0 Å². The molecule has 3 aromatic carbocycles. The van der Waals surface area contributed by atoms with E-state index in [-0.39, 0.29) is 46.4 Å². The molecular formula is C32H35Cl3Ti. The smallest absolute Gasteiger partial charge is 1.00 e. The third-order valence-electron chi connectivity index (χ3n) is 7.09. The molecule has 3 aromatic rings. The van der Waals surface area contributed by atoms with Crippen LogP contribution in [-0.2, 0) is 25.9 Å². The predicted molar refractivity (Wildman–Crippen MR) is 138 cm³/mol. The van der Waals surface area contributed by atoms with Gasteiger partial charge in [0, 0.05) is 0 Å². The maximum Gasteiger partial charge on any atom is -1.00 e. The van der Waals surface area contributed by atoms with Crippen molar-refractivity contribution in [2.75, 3.05) is 0 Å². The minimum absolute atomic E-state index is 0. The van der Waals surface area contributed by atoms with E-state index in [4.69, 9.17) is 0 Å². The third-order valence-corrected chi connectivity index (χ3v) is 8.13. The molecule has 0 aliphatic heterocycles. The van der Waals surface area contributed by atoms with E-state index >= 15 is 0 Å². The van der Waals surface area contributed by atoms with Gasteiger partial charge < -0.3 is 37.2 Å². The van der Waals surface area contributed by atoms with Gasteiger partial charge in [0.15, 0.2) is 0 Å². The topological polar surface area (TPSA) is 0 Å². The number of hydrogen-bond acceptors (Lipinski definition) is 0. The minimum atomic E-state index is -0.351. The van der Waals surface area contributed by atoms with Crippen LogP contribution in [0.3, 0.4) is 0 Å². The van der Waals surface area contributed by atoms with Gasteiger partial charge in [-0.1, -0.05) is 0 Å². The Hall–Kier alpha value is -1.28. The Morgan fingerprint density at radius 1 is 0.444 bits per heavy atom. The van der Waals surface area contributed by atoms with Gasteiger partial charge in [-0.3, -0.25) is 0 Å². The van der Waals surface area contributed by atoms with Gasteiger partial charge in [0.05, 0.1) is 0 Å². The quantitative estimate of drug-likeness (QED) is 0.292. The summed E-state index contributed by atoms with van der Waals surface area (Å²) in [4.78, 5) is 0. The number of rotatable bonds is 4. The van der Waals surface area contributed by atoms with E-state index in [9.17, 15) is 0 Å². The fourth-order valence-corrected chi connectivity index (χ4v) is 7.31. The van der Waals surface area contributed by atoms with E-state index in [0.717, 1.165) is 0 Å². The molecular weight excluding hydrogens is 539 g/mol. The van der Waals surface area contributed by atoms with Gasteiger partial charge in [-0.2, -0.15) is 0 Å². The SMILES string of the molecule is CC1=C[C]([Ti+3])(C(c2cc(C)cc(C)c2)(c2cc(C)cc(C)c2)c2cc(C)cc(C)c2)C=C1C.[Cl-].[Cl-].[Cl-]. The Morgan fingerprint density at radius 2 is 0.667 bits per heavy atom. The second kappa shape index (κ2) is 12.1. The van der Waals surface area contributed by atoms with Crippen molar-refractivity contribution < 1.29 is 57.7 Å². The molecule has 4 rings (SSSR count). The summed E-state index contributed by atoms with van der Waals surface area (Å²) in [5, 5.41) is 0. The van der Waals surface area contributed by atoms with E-state index in [1.807, 2.05) is 0 Å². The molecule has 0 heterocycles. The molecule has 0 radical (unpaired) electrons. The van der Waals surface area contributed by atoms with Crippen molar-refractivity contribution in [3.63, 3.8) is 0 Å². The van der Waals surface area contributed by atoms with Crippen LogP contribution in [0.2, 0.25) is 3.72 Å². The summed E-state index contributed by atoms with van der Waals surface area (Å²) in [7, 11) is 0. The van der Waals surface area contributed by atoms with Crippen LogP contribution in [0.1, 0.15) is 63.9 Å². The van der Waals surface area contributed by atoms with Crippen LogP contribution in [0.4, 0.5) is 0 Å². The molecule has 0 N–H and O–H groups in total. The van der Waals surface area contributed by atoms with Crippen molar-refractivity contribution in [3.05, 3.63) is 128 Å². The van der Waals surface area contributed by atoms with E-state index in [1.54, 1.807) is 0 Å². The zero-order valence-electron chi connectivity index (χ0n) is 22.5. The molecule has 0 bridgehead atoms. The summed E-state index contributed by atoms with van der Waals surface area (Å²) in [6, 6.07) is 21.4. The zero-order valence-corrected chi connectivity index (χ0v) is 26.3. The van der Waals surface area contributed by atoms with Crippen molar-refractivity contribution in [3.8, 4) is 0 Å². The Kier molecular flexibility index (Phi) is 11.0. The van der Waals surface area contributed by atoms with Crippen LogP contribution >= 0.6 is 0 Å². The fraction of sp³-hybridized carbons (Fsp3) is 0.312. The zero-order chi connectivity index (χ0) is 24.1. The summed E-state index contributed by atoms with van der Waals surface area (Å²) >= 11 is 2.43. The molecule has 0 nitrogen and oxygen atoms in total. The Bertz CT molecular complexity index is 1110. The average molecular weight is 574 g/mol. The Labute approximate surface area is 248 Å². The first-order valence-corrected chi connectivity index (χ1v) is 12.6. The molecule has 0 atom stereocenters. The second-order valence-electron chi connectivity index (χ2n) is 10.4. The van der Waals surface area contributed by atoms with Gasteiger partial charge in [-0.25, -0.2) is 0 Å². The van der Waals surface area contributed by atoms with Crippen LogP contribution < -0.4 is 37.2 Å². The van der Waals surface area contributed by atoms with Crippen molar-refractivity contribution in [2.45, 2.75) is 64.5 Å². The number of halogens is 3. The van der Waals surface area contributed by atoms with Crippen molar-refractivity contribution >= 4 is 0 Å². The molecule has 0 saturated heterocycles. The second-order valence-corrected chi connectivity index (χ2v) is 11.7. The maximum atomic E-state index is 2.51. The van der Waals surface area contributed by atoms with Gasteiger partial charge in [0.25, 0.3) is 0 Å². The van der Waals surface area contributed by atoms with E-state index in [0.29, 0.717) is 0 Å². The first kappa shape index (κ1) is 32.8. The minimum Gasteiger partial charge on any atom is -1.00 e. The molecule has 1 aliphatic rings. The van der Waals surface area contributed by atoms with Gasteiger partial charge >= 0.3 is 213 Å². The molecule has 4 heteroatoms. The largest absolute Gasteiger partial charge is 1.00 e. The summed E-state index contributed by atoms with van der Waals surface area (Å²) < 4.78 is -0.206. The fourth-order valence-electron chi connectivity index (χ4n) is 5.96. The Balaban J connectivity index is 0.00000216. The average Bonchev–Trinajstić information content (AvgIpc) is 2.92. The predicted octanol–water partition coefficient (Wildman–Crippen LogP) is -0.505. The summed E-state index contributed by atoms with van der Waals surface area (Å²) in [6.45, 7) is 17.9. The molecule has 0 spiro atoms. The van der Waals surface area contributed by atoms with E-state index in [1.165, 1.54) is 61.2 Å². The third kappa shape index (κ3) is 5.74. The molecule has 0 unspecified atom stereocenters. The van der Waals surface area contributed by atoms with Gasteiger partial charge in [-0.05, 0) is 0 Å². The number of hydrogen-bond donors (Lipinski definition) is 0. The molecule has 36 heavy (non-hydrogen) atoms. The van der Waals surface area contributed by atoms with Crippen molar-refractivity contribution in [1.29, 1.82) is 0 Å². The molecule has 188 valence electrons. The molecule has 0 aromatic heterocycles. The van der Waals surface area contributed by atoms with Crippen molar-refractivity contribution in [2.24, 2.45) is 0 Å². The number of benzene rings is 3. The van der Waals surface area contributed by atoms with E-state index in [2.05, 4.69) is 143 Å². The normalized spacial score (nSPS) is 14.2. The van der Waals surface area contributed by atoms with Crippen LogP contribution in [0.15, 0.2) is 77.9 Å². The standard InChI is InChI=1S/C32H35.3ClH.Ti/c1-20-9-21(2)13-28(12-20)32(31-18-26(7)27(8)19-31,29-14-22(3)10-23(4)15-29)30-16-24(5)11-25(6)17-30;;;;/h9-19H,1-8H3;3*1H;/q;;;;+3/p-3. The maximum absolute atomic E-state index is 2.51. The molecule has 0 saturated carbocycles. The molecule has 0 amide bonds.